The monoisotopic (exact) mass is 470 g/mol. The molecule has 0 unspecified atom stereocenters. The molecule has 2 aromatic rings. The van der Waals surface area contributed by atoms with E-state index in [4.69, 9.17) is 27.4 Å². The molecular formula is C21H24Cl2N2O4S. The van der Waals surface area contributed by atoms with Gasteiger partial charge in [-0.25, -0.2) is 4.79 Å². The molecule has 3 rings (SSSR count). The van der Waals surface area contributed by atoms with Gasteiger partial charge in [-0.05, 0) is 36.8 Å². The van der Waals surface area contributed by atoms with Gasteiger partial charge < -0.3 is 9.08 Å². The Balaban J connectivity index is 1.66. The van der Waals surface area contributed by atoms with Gasteiger partial charge in [-0.2, -0.15) is 8.42 Å². The van der Waals surface area contributed by atoms with Gasteiger partial charge in [0.1, 0.15) is 10.6 Å². The van der Waals surface area contributed by atoms with Gasteiger partial charge in [-0.1, -0.05) is 49.4 Å². The Hall–Kier alpha value is -1.96. The zero-order valence-electron chi connectivity index (χ0n) is 16.7. The summed E-state index contributed by atoms with van der Waals surface area (Å²) in [5.74, 6) is 0.0324. The number of unbranched alkanes of at least 4 members (excludes halogenated alkanes) is 3. The Kier molecular flexibility index (Phi) is 7.50. The number of amides is 2. The molecule has 0 bridgehead atoms. The number of rotatable bonds is 9. The number of carbonyl (C=O) groups excluding carboxylic acids is 1. The normalized spacial score (nSPS) is 14.4. The average molecular weight is 471 g/mol. The van der Waals surface area contributed by atoms with Crippen molar-refractivity contribution in [2.24, 2.45) is 0 Å². The second-order valence-corrected chi connectivity index (χ2v) is 9.54. The summed E-state index contributed by atoms with van der Waals surface area (Å²) in [4.78, 5) is 16.1. The van der Waals surface area contributed by atoms with Crippen LogP contribution in [-0.2, 0) is 10.1 Å². The number of carbonyl (C=O) groups is 1. The van der Waals surface area contributed by atoms with Crippen LogP contribution in [0.25, 0.3) is 0 Å². The standard InChI is InChI=1S/C21H24Cl2N2O4S/c1-2-3-4-5-10-24-11-12-25(21(24)26)18-6-8-20(9-7-18)30(27,28)29-19-14-16(22)13-17(23)15-19/h6-9,13-15H,2-5,10-12H2,1H3. The fraction of sp³-hybridized carbons (Fsp3) is 0.381. The zero-order valence-corrected chi connectivity index (χ0v) is 19.0. The summed E-state index contributed by atoms with van der Waals surface area (Å²) in [5.41, 5.74) is 0.654. The van der Waals surface area contributed by atoms with Gasteiger partial charge in [0, 0.05) is 47.5 Å². The molecule has 2 amide bonds. The minimum Gasteiger partial charge on any atom is -0.379 e. The second kappa shape index (κ2) is 9.90. The fourth-order valence-electron chi connectivity index (χ4n) is 3.30. The first-order valence-electron chi connectivity index (χ1n) is 9.87. The van der Waals surface area contributed by atoms with Gasteiger partial charge in [0.15, 0.2) is 0 Å². The summed E-state index contributed by atoms with van der Waals surface area (Å²) in [6.45, 7) is 4.15. The van der Waals surface area contributed by atoms with E-state index in [2.05, 4.69) is 6.92 Å². The van der Waals surface area contributed by atoms with E-state index in [1.165, 1.54) is 36.8 Å². The lowest BCUT2D eigenvalue weighted by atomic mass is 10.2. The largest absolute Gasteiger partial charge is 0.379 e. The van der Waals surface area contributed by atoms with Crippen LogP contribution in [0, 0.1) is 0 Å². The van der Waals surface area contributed by atoms with Crippen LogP contribution in [0.15, 0.2) is 47.4 Å². The maximum Gasteiger partial charge on any atom is 0.339 e. The van der Waals surface area contributed by atoms with Gasteiger partial charge >= 0.3 is 16.1 Å². The molecule has 0 N–H and O–H groups in total. The third-order valence-electron chi connectivity index (χ3n) is 4.86. The molecule has 1 heterocycles. The zero-order chi connectivity index (χ0) is 21.7. The molecule has 30 heavy (non-hydrogen) atoms. The number of benzene rings is 2. The van der Waals surface area contributed by atoms with Crippen molar-refractivity contribution in [1.82, 2.24) is 4.90 Å². The molecule has 1 fully saturated rings. The first kappa shape index (κ1) is 22.7. The second-order valence-electron chi connectivity index (χ2n) is 7.12. The lowest BCUT2D eigenvalue weighted by Crippen LogP contribution is -2.32. The Labute approximate surface area is 187 Å². The highest BCUT2D eigenvalue weighted by Crippen LogP contribution is 2.28. The van der Waals surface area contributed by atoms with E-state index in [0.717, 1.165) is 25.8 Å². The van der Waals surface area contributed by atoms with Crippen molar-refractivity contribution in [2.75, 3.05) is 24.5 Å². The summed E-state index contributed by atoms with van der Waals surface area (Å²) in [7, 11) is -4.06. The quantitative estimate of drug-likeness (QED) is 0.354. The van der Waals surface area contributed by atoms with E-state index in [-0.39, 0.29) is 26.7 Å². The molecule has 0 spiro atoms. The molecule has 1 aliphatic heterocycles. The van der Waals surface area contributed by atoms with Crippen molar-refractivity contribution in [3.8, 4) is 5.75 Å². The minimum atomic E-state index is -4.06. The molecule has 0 radical (unpaired) electrons. The van der Waals surface area contributed by atoms with Crippen LogP contribution < -0.4 is 9.08 Å². The third kappa shape index (κ3) is 5.59. The van der Waals surface area contributed by atoms with Gasteiger partial charge in [0.25, 0.3) is 0 Å². The van der Waals surface area contributed by atoms with Crippen LogP contribution in [0.1, 0.15) is 32.6 Å². The van der Waals surface area contributed by atoms with Crippen molar-refractivity contribution in [3.63, 3.8) is 0 Å². The molecule has 0 saturated carbocycles. The summed E-state index contributed by atoms with van der Waals surface area (Å²) >= 11 is 11.8. The highest BCUT2D eigenvalue weighted by molar-refractivity contribution is 7.87. The third-order valence-corrected chi connectivity index (χ3v) is 6.55. The first-order valence-corrected chi connectivity index (χ1v) is 12.0. The predicted molar refractivity (Wildman–Crippen MR) is 119 cm³/mol. The summed E-state index contributed by atoms with van der Waals surface area (Å²) in [5, 5.41) is 0.546. The van der Waals surface area contributed by atoms with Crippen molar-refractivity contribution in [2.45, 2.75) is 37.5 Å². The van der Waals surface area contributed by atoms with Crippen LogP contribution in [0.2, 0.25) is 10.0 Å². The first-order chi connectivity index (χ1) is 14.3. The van der Waals surface area contributed by atoms with Crippen molar-refractivity contribution >= 4 is 45.0 Å². The van der Waals surface area contributed by atoms with Crippen LogP contribution in [0.3, 0.4) is 0 Å². The van der Waals surface area contributed by atoms with E-state index in [1.807, 2.05) is 4.90 Å². The Morgan fingerprint density at radius 3 is 2.27 bits per heavy atom. The van der Waals surface area contributed by atoms with E-state index < -0.39 is 10.1 Å². The maximum absolute atomic E-state index is 12.6. The molecule has 1 aliphatic rings. The number of hydrogen-bond acceptors (Lipinski definition) is 4. The number of halogens is 2. The van der Waals surface area contributed by atoms with E-state index >= 15 is 0 Å². The predicted octanol–water partition coefficient (Wildman–Crippen LogP) is 5.58. The van der Waals surface area contributed by atoms with Crippen LogP contribution in [0.4, 0.5) is 10.5 Å². The molecule has 0 aromatic heterocycles. The van der Waals surface area contributed by atoms with Crippen molar-refractivity contribution in [1.29, 1.82) is 0 Å². The van der Waals surface area contributed by atoms with Crippen LogP contribution >= 0.6 is 23.2 Å². The summed E-state index contributed by atoms with van der Waals surface area (Å²) in [6.07, 6.45) is 4.44. The number of urea groups is 1. The van der Waals surface area contributed by atoms with Crippen molar-refractivity contribution < 1.29 is 17.4 Å². The fourth-order valence-corrected chi connectivity index (χ4v) is 4.72. The number of anilines is 1. The van der Waals surface area contributed by atoms with Gasteiger partial charge in [-0.3, -0.25) is 4.90 Å². The molecule has 1 saturated heterocycles. The van der Waals surface area contributed by atoms with Crippen LogP contribution in [-0.4, -0.2) is 39.0 Å². The lowest BCUT2D eigenvalue weighted by Gasteiger charge is -2.19. The summed E-state index contributed by atoms with van der Waals surface area (Å²) < 4.78 is 30.2. The molecule has 6 nitrogen and oxygen atoms in total. The molecule has 9 heteroatoms. The topological polar surface area (TPSA) is 66.9 Å². The van der Waals surface area contributed by atoms with E-state index in [1.54, 1.807) is 17.0 Å². The molecular weight excluding hydrogens is 447 g/mol. The molecule has 162 valence electrons. The SMILES string of the molecule is CCCCCCN1CCN(c2ccc(S(=O)(=O)Oc3cc(Cl)cc(Cl)c3)cc2)C1=O. The Morgan fingerprint density at radius 2 is 1.63 bits per heavy atom. The number of nitrogens with zero attached hydrogens (tertiary/aromatic N) is 2. The Bertz CT molecular complexity index is 976. The molecule has 0 aliphatic carbocycles. The average Bonchev–Trinajstić information content (AvgIpc) is 3.04. The maximum atomic E-state index is 12.6. The van der Waals surface area contributed by atoms with Crippen molar-refractivity contribution in [3.05, 3.63) is 52.5 Å². The number of hydrogen-bond donors (Lipinski definition) is 0. The van der Waals surface area contributed by atoms with E-state index in [9.17, 15) is 13.2 Å². The highest BCUT2D eigenvalue weighted by atomic mass is 35.5. The van der Waals surface area contributed by atoms with Gasteiger partial charge in [0.05, 0.1) is 0 Å². The van der Waals surface area contributed by atoms with Crippen LogP contribution in [0.5, 0.6) is 5.75 Å². The molecule has 2 aromatic carbocycles. The van der Waals surface area contributed by atoms with Gasteiger partial charge in [-0.15, -0.1) is 0 Å². The summed E-state index contributed by atoms with van der Waals surface area (Å²) in [6, 6.07) is 10.3. The minimum absolute atomic E-state index is 0.0228. The smallest absolute Gasteiger partial charge is 0.339 e. The lowest BCUT2D eigenvalue weighted by molar-refractivity contribution is 0.219. The highest BCUT2D eigenvalue weighted by Gasteiger charge is 2.29. The van der Waals surface area contributed by atoms with Gasteiger partial charge in [0.2, 0.25) is 0 Å². The Morgan fingerprint density at radius 1 is 0.967 bits per heavy atom. The van der Waals surface area contributed by atoms with E-state index in [0.29, 0.717) is 18.8 Å². The molecule has 0 atom stereocenters.